The number of methoxy groups -OCH3 is 1. The number of benzene rings is 2. The van der Waals surface area contributed by atoms with Crippen LogP contribution in [0.5, 0.6) is 5.75 Å². The molecule has 0 atom stereocenters. The van der Waals surface area contributed by atoms with E-state index in [4.69, 9.17) is 15.6 Å². The Morgan fingerprint density at radius 2 is 1.86 bits per heavy atom. The first-order valence-electron chi connectivity index (χ1n) is 11.6. The van der Waals surface area contributed by atoms with Crippen molar-refractivity contribution in [3.05, 3.63) is 59.9 Å². The van der Waals surface area contributed by atoms with Crippen LogP contribution in [0.4, 0.5) is 24.7 Å². The number of alkyl halides is 3. The number of carbonyl (C=O) groups is 1. The molecule has 3 heterocycles. The molecule has 0 radical (unpaired) electrons. The van der Waals surface area contributed by atoms with Crippen molar-refractivity contribution in [3.63, 3.8) is 0 Å². The lowest BCUT2D eigenvalue weighted by Gasteiger charge is -2.23. The average molecular weight is 512 g/mol. The molecule has 9 nitrogen and oxygen atoms in total. The third kappa shape index (κ3) is 4.79. The zero-order chi connectivity index (χ0) is 26.2. The van der Waals surface area contributed by atoms with Gasteiger partial charge in [-0.25, -0.2) is 14.6 Å². The molecule has 4 aromatic rings. The van der Waals surface area contributed by atoms with E-state index in [0.717, 1.165) is 50.2 Å². The summed E-state index contributed by atoms with van der Waals surface area (Å²) in [5.41, 5.74) is 7.75. The van der Waals surface area contributed by atoms with Crippen LogP contribution >= 0.6 is 0 Å². The Morgan fingerprint density at radius 1 is 1.14 bits per heavy atom. The molecule has 2 aromatic heterocycles. The summed E-state index contributed by atoms with van der Waals surface area (Å²) in [6.45, 7) is 1.76. The van der Waals surface area contributed by atoms with Gasteiger partial charge in [0.25, 0.3) is 5.91 Å². The molecule has 1 saturated heterocycles. The van der Waals surface area contributed by atoms with Gasteiger partial charge < -0.3 is 21.1 Å². The van der Waals surface area contributed by atoms with Crippen LogP contribution in [0.2, 0.25) is 0 Å². The number of aromatic nitrogens is 4. The van der Waals surface area contributed by atoms with Gasteiger partial charge in [-0.2, -0.15) is 18.3 Å². The first kappa shape index (κ1) is 24.5. The summed E-state index contributed by atoms with van der Waals surface area (Å²) >= 11 is 0. The van der Waals surface area contributed by atoms with Crippen molar-refractivity contribution in [2.75, 3.05) is 31.2 Å². The minimum atomic E-state index is -4.48. The number of anilines is 2. The molecule has 1 aliphatic rings. The van der Waals surface area contributed by atoms with Crippen molar-refractivity contribution in [1.29, 1.82) is 0 Å². The van der Waals surface area contributed by atoms with E-state index in [1.54, 1.807) is 18.2 Å². The number of ether oxygens (including phenoxy) is 1. The van der Waals surface area contributed by atoms with Crippen molar-refractivity contribution < 1.29 is 22.7 Å². The maximum atomic E-state index is 12.8. The van der Waals surface area contributed by atoms with Crippen LogP contribution in [-0.2, 0) is 6.18 Å². The number of nitrogens with one attached hydrogen (secondary N) is 2. The zero-order valence-electron chi connectivity index (χ0n) is 19.8. The molecule has 192 valence electrons. The van der Waals surface area contributed by atoms with Crippen molar-refractivity contribution in [2.45, 2.75) is 25.1 Å². The Kier molecular flexibility index (Phi) is 6.42. The Bertz CT molecular complexity index is 1450. The average Bonchev–Trinajstić information content (AvgIpc) is 3.30. The van der Waals surface area contributed by atoms with Crippen LogP contribution in [0.25, 0.3) is 22.3 Å². The molecule has 0 unspecified atom stereocenters. The first-order valence-corrected chi connectivity index (χ1v) is 11.6. The summed E-state index contributed by atoms with van der Waals surface area (Å²) in [7, 11) is 1.45. The van der Waals surface area contributed by atoms with Crippen LogP contribution in [0, 0.1) is 0 Å². The molecule has 4 N–H and O–H groups in total. The molecule has 1 aliphatic heterocycles. The van der Waals surface area contributed by atoms with Gasteiger partial charge >= 0.3 is 6.18 Å². The lowest BCUT2D eigenvalue weighted by molar-refractivity contribution is -0.137. The second-order valence-corrected chi connectivity index (χ2v) is 8.68. The summed E-state index contributed by atoms with van der Waals surface area (Å²) in [4.78, 5) is 21.3. The van der Waals surface area contributed by atoms with E-state index in [1.165, 1.54) is 13.4 Å². The highest BCUT2D eigenvalue weighted by atomic mass is 19.4. The van der Waals surface area contributed by atoms with Crippen LogP contribution in [0.15, 0.2) is 48.8 Å². The SMILES string of the molecule is COc1cc(-c2nn(C3CCNCC3)c3ncnc(N)c23)ccc1NC(=O)c1ccc(C(F)(F)F)cc1. The lowest BCUT2D eigenvalue weighted by atomic mass is 10.1. The molecular formula is C25H24F3N7O2. The number of piperidine rings is 1. The second-order valence-electron chi connectivity index (χ2n) is 8.68. The van der Waals surface area contributed by atoms with Crippen molar-refractivity contribution >= 4 is 28.4 Å². The van der Waals surface area contributed by atoms with Gasteiger partial charge in [-0.1, -0.05) is 6.07 Å². The predicted molar refractivity (Wildman–Crippen MR) is 132 cm³/mol. The Morgan fingerprint density at radius 3 is 2.54 bits per heavy atom. The smallest absolute Gasteiger partial charge is 0.416 e. The third-order valence-corrected chi connectivity index (χ3v) is 6.37. The maximum Gasteiger partial charge on any atom is 0.416 e. The van der Waals surface area contributed by atoms with E-state index in [1.807, 2.05) is 4.68 Å². The van der Waals surface area contributed by atoms with E-state index in [9.17, 15) is 18.0 Å². The van der Waals surface area contributed by atoms with Crippen molar-refractivity contribution in [2.24, 2.45) is 0 Å². The number of fused-ring (bicyclic) bond motifs is 1. The summed E-state index contributed by atoms with van der Waals surface area (Å²) in [6.07, 6.45) is -1.26. The molecule has 37 heavy (non-hydrogen) atoms. The van der Waals surface area contributed by atoms with Gasteiger partial charge in [0.15, 0.2) is 5.65 Å². The molecule has 5 rings (SSSR count). The first-order chi connectivity index (χ1) is 17.8. The highest BCUT2D eigenvalue weighted by Gasteiger charge is 2.30. The number of hydrogen-bond donors (Lipinski definition) is 3. The number of carbonyl (C=O) groups excluding carboxylic acids is 1. The van der Waals surface area contributed by atoms with E-state index >= 15 is 0 Å². The summed E-state index contributed by atoms with van der Waals surface area (Å²) in [5.74, 6) is 0.0784. The van der Waals surface area contributed by atoms with Crippen molar-refractivity contribution in [1.82, 2.24) is 25.1 Å². The lowest BCUT2D eigenvalue weighted by Crippen LogP contribution is -2.30. The molecule has 1 fully saturated rings. The largest absolute Gasteiger partial charge is 0.495 e. The molecule has 2 aromatic carbocycles. The monoisotopic (exact) mass is 511 g/mol. The molecule has 0 bridgehead atoms. The fourth-order valence-corrected chi connectivity index (χ4v) is 4.45. The molecule has 12 heteroatoms. The zero-order valence-corrected chi connectivity index (χ0v) is 19.8. The molecule has 0 spiro atoms. The van der Waals surface area contributed by atoms with Gasteiger partial charge in [0.2, 0.25) is 0 Å². The van der Waals surface area contributed by atoms with Crippen LogP contribution < -0.4 is 21.1 Å². The minimum absolute atomic E-state index is 0.0794. The van der Waals surface area contributed by atoms with E-state index < -0.39 is 17.6 Å². The van der Waals surface area contributed by atoms with E-state index in [-0.39, 0.29) is 11.6 Å². The maximum absolute atomic E-state index is 12.8. The number of nitrogen functional groups attached to an aromatic ring is 1. The van der Waals surface area contributed by atoms with Gasteiger partial charge in [0.1, 0.15) is 23.6 Å². The van der Waals surface area contributed by atoms with Crippen LogP contribution in [0.1, 0.15) is 34.8 Å². The standard InChI is InChI=1S/C25H24F3N7O2/c1-37-19-12-15(4-7-18(19)33-24(36)14-2-5-16(6-3-14)25(26,27)28)21-20-22(29)31-13-32-23(20)35(34-21)17-8-10-30-11-9-17/h2-7,12-13,17,30H,8-11H2,1H3,(H,33,36)(H2,29,31,32). The van der Waals surface area contributed by atoms with E-state index in [2.05, 4.69) is 20.6 Å². The molecular weight excluding hydrogens is 487 g/mol. The third-order valence-electron chi connectivity index (χ3n) is 6.37. The summed E-state index contributed by atoms with van der Waals surface area (Å²) in [6, 6.07) is 9.26. The number of nitrogens with two attached hydrogens (primary N) is 1. The molecule has 1 amide bonds. The van der Waals surface area contributed by atoms with Gasteiger partial charge in [0.05, 0.1) is 29.8 Å². The minimum Gasteiger partial charge on any atom is -0.495 e. The van der Waals surface area contributed by atoms with Gasteiger partial charge in [0, 0.05) is 11.1 Å². The van der Waals surface area contributed by atoms with Gasteiger partial charge in [-0.3, -0.25) is 4.79 Å². The highest BCUT2D eigenvalue weighted by Crippen LogP contribution is 2.37. The predicted octanol–water partition coefficient (Wildman–Crippen LogP) is 4.28. The summed E-state index contributed by atoms with van der Waals surface area (Å²) in [5, 5.41) is 11.5. The molecule has 0 saturated carbocycles. The highest BCUT2D eigenvalue weighted by molar-refractivity contribution is 6.05. The van der Waals surface area contributed by atoms with Crippen molar-refractivity contribution in [3.8, 4) is 17.0 Å². The number of amides is 1. The fraction of sp³-hybridized carbons (Fsp3) is 0.280. The van der Waals surface area contributed by atoms with Gasteiger partial charge in [-0.05, 0) is 62.3 Å². The van der Waals surface area contributed by atoms with Crippen LogP contribution in [-0.4, -0.2) is 45.9 Å². The van der Waals surface area contributed by atoms with Crippen LogP contribution in [0.3, 0.4) is 0 Å². The number of rotatable bonds is 5. The fourth-order valence-electron chi connectivity index (χ4n) is 4.45. The topological polar surface area (TPSA) is 120 Å². The Balaban J connectivity index is 1.47. The number of nitrogens with zero attached hydrogens (tertiary/aromatic N) is 4. The Labute approximate surface area is 209 Å². The van der Waals surface area contributed by atoms with E-state index in [0.29, 0.717) is 39.5 Å². The summed E-state index contributed by atoms with van der Waals surface area (Å²) < 4.78 is 45.9. The second kappa shape index (κ2) is 9.69. The van der Waals surface area contributed by atoms with Gasteiger partial charge in [-0.15, -0.1) is 0 Å². The number of halogens is 3. The quantitative estimate of drug-likeness (QED) is 0.366. The Hall–Kier alpha value is -4.19. The molecule has 0 aliphatic carbocycles. The normalized spacial score (nSPS) is 14.6. The number of hydrogen-bond acceptors (Lipinski definition) is 7.